The van der Waals surface area contributed by atoms with Gasteiger partial charge in [0, 0.05) is 24.0 Å². The molecule has 1 aromatic rings. The first-order valence-corrected chi connectivity index (χ1v) is 7.84. The maximum atomic E-state index is 3.49. The molecule has 0 amide bonds. The van der Waals surface area contributed by atoms with Crippen molar-refractivity contribution in [1.29, 1.82) is 0 Å². The summed E-state index contributed by atoms with van der Waals surface area (Å²) in [6.07, 6.45) is 1.21. The first-order chi connectivity index (χ1) is 8.52. The monoisotopic (exact) mass is 268 g/mol. The lowest BCUT2D eigenvalue weighted by atomic mass is 9.86. The lowest BCUT2D eigenvalue weighted by Crippen LogP contribution is -2.41. The summed E-state index contributed by atoms with van der Waals surface area (Å²) in [5.74, 6) is 0. The fourth-order valence-corrected chi connectivity index (χ4v) is 3.05. The van der Waals surface area contributed by atoms with Gasteiger partial charge in [0.2, 0.25) is 0 Å². The van der Waals surface area contributed by atoms with Crippen LogP contribution in [0.3, 0.4) is 0 Å². The number of hydrogen-bond acceptors (Lipinski definition) is 3. The minimum Gasteiger partial charge on any atom is -0.316 e. The van der Waals surface area contributed by atoms with E-state index in [1.54, 1.807) is 0 Å². The largest absolute Gasteiger partial charge is 0.316 e. The fourth-order valence-electron chi connectivity index (χ4n) is 2.20. The zero-order valence-corrected chi connectivity index (χ0v) is 13.3. The second-order valence-corrected chi connectivity index (χ2v) is 6.53. The summed E-state index contributed by atoms with van der Waals surface area (Å²) >= 11 is 1.85. The maximum absolute atomic E-state index is 3.49. The topological polar surface area (TPSA) is 15.3 Å². The molecule has 0 aliphatic heterocycles. The molecule has 0 saturated heterocycles. The molecule has 18 heavy (non-hydrogen) atoms. The quantitative estimate of drug-likeness (QED) is 0.772. The van der Waals surface area contributed by atoms with Crippen molar-refractivity contribution in [3.05, 3.63) is 22.4 Å². The van der Waals surface area contributed by atoms with Crippen molar-refractivity contribution in [2.24, 2.45) is 5.41 Å². The van der Waals surface area contributed by atoms with E-state index in [1.165, 1.54) is 11.3 Å². The van der Waals surface area contributed by atoms with Gasteiger partial charge >= 0.3 is 0 Å². The number of hydrogen-bond donors (Lipinski definition) is 1. The molecule has 0 aliphatic carbocycles. The van der Waals surface area contributed by atoms with Crippen LogP contribution in [-0.4, -0.2) is 31.6 Å². The molecule has 0 aliphatic rings. The number of nitrogens with one attached hydrogen (secondary N) is 1. The van der Waals surface area contributed by atoms with Gasteiger partial charge in [0.25, 0.3) is 0 Å². The maximum Gasteiger partial charge on any atom is 0.0410 e. The normalized spacial score (nSPS) is 16.8. The Morgan fingerprint density at radius 1 is 1.44 bits per heavy atom. The summed E-state index contributed by atoms with van der Waals surface area (Å²) in [7, 11) is 2.24. The Morgan fingerprint density at radius 3 is 2.67 bits per heavy atom. The fraction of sp³-hybridized carbons (Fsp3) is 0.733. The molecule has 1 heterocycles. The highest BCUT2D eigenvalue weighted by Gasteiger charge is 2.26. The number of nitrogens with zero attached hydrogens (tertiary/aromatic N) is 1. The molecule has 2 nitrogen and oxygen atoms in total. The van der Waals surface area contributed by atoms with E-state index in [0.29, 0.717) is 11.5 Å². The van der Waals surface area contributed by atoms with Crippen LogP contribution < -0.4 is 5.32 Å². The summed E-state index contributed by atoms with van der Waals surface area (Å²) in [6, 6.07) is 4.89. The van der Waals surface area contributed by atoms with Gasteiger partial charge in [0.1, 0.15) is 0 Å². The molecular formula is C15H28N2S. The average Bonchev–Trinajstić information content (AvgIpc) is 2.89. The number of rotatable bonds is 8. The molecule has 1 rings (SSSR count). The molecule has 104 valence electrons. The third-order valence-electron chi connectivity index (χ3n) is 3.90. The van der Waals surface area contributed by atoms with E-state index in [0.717, 1.165) is 19.6 Å². The molecular weight excluding hydrogens is 240 g/mol. The van der Waals surface area contributed by atoms with Crippen molar-refractivity contribution < 1.29 is 0 Å². The molecule has 3 heteroatoms. The highest BCUT2D eigenvalue weighted by molar-refractivity contribution is 7.10. The van der Waals surface area contributed by atoms with Crippen LogP contribution in [0, 0.1) is 5.41 Å². The molecule has 0 aromatic carbocycles. The van der Waals surface area contributed by atoms with Gasteiger partial charge in [-0.2, -0.15) is 0 Å². The Morgan fingerprint density at radius 2 is 2.17 bits per heavy atom. The van der Waals surface area contributed by atoms with E-state index in [4.69, 9.17) is 0 Å². The van der Waals surface area contributed by atoms with Crippen LogP contribution in [-0.2, 0) is 0 Å². The molecule has 0 spiro atoms. The molecule has 0 bridgehead atoms. The molecule has 0 radical (unpaired) electrons. The zero-order valence-electron chi connectivity index (χ0n) is 12.5. The van der Waals surface area contributed by atoms with Crippen molar-refractivity contribution in [3.8, 4) is 0 Å². The van der Waals surface area contributed by atoms with E-state index >= 15 is 0 Å². The van der Waals surface area contributed by atoms with E-state index < -0.39 is 0 Å². The molecule has 2 atom stereocenters. The van der Waals surface area contributed by atoms with E-state index in [1.807, 2.05) is 11.3 Å². The zero-order chi connectivity index (χ0) is 13.6. The SMILES string of the molecule is CCNCC(C)(CC)CN(C)C(C)c1cccs1. The van der Waals surface area contributed by atoms with E-state index in [2.05, 4.69) is 62.5 Å². The van der Waals surface area contributed by atoms with E-state index in [9.17, 15) is 0 Å². The van der Waals surface area contributed by atoms with E-state index in [-0.39, 0.29) is 0 Å². The minimum absolute atomic E-state index is 0.357. The van der Waals surface area contributed by atoms with Gasteiger partial charge in [-0.1, -0.05) is 26.8 Å². The Labute approximate surface area is 116 Å². The van der Waals surface area contributed by atoms with Crippen LogP contribution in [0.2, 0.25) is 0 Å². The van der Waals surface area contributed by atoms with Gasteiger partial charge < -0.3 is 5.32 Å². The smallest absolute Gasteiger partial charge is 0.0410 e. The summed E-state index contributed by atoms with van der Waals surface area (Å²) < 4.78 is 0. The van der Waals surface area contributed by atoms with Crippen molar-refractivity contribution in [1.82, 2.24) is 10.2 Å². The first kappa shape index (κ1) is 15.7. The van der Waals surface area contributed by atoms with Crippen LogP contribution in [0.4, 0.5) is 0 Å². The average molecular weight is 268 g/mol. The van der Waals surface area contributed by atoms with Gasteiger partial charge in [-0.25, -0.2) is 0 Å². The molecule has 0 fully saturated rings. The minimum atomic E-state index is 0.357. The van der Waals surface area contributed by atoms with Gasteiger partial charge in [0.05, 0.1) is 0 Å². The second kappa shape index (κ2) is 7.27. The predicted octanol–water partition coefficient (Wildman–Crippen LogP) is 3.77. The Balaban J connectivity index is 2.58. The predicted molar refractivity (Wildman–Crippen MR) is 82.3 cm³/mol. The van der Waals surface area contributed by atoms with Gasteiger partial charge in [-0.3, -0.25) is 4.90 Å². The standard InChI is InChI=1S/C15H28N2S/c1-6-15(4,11-16-7-2)12-17(5)13(3)14-9-8-10-18-14/h8-10,13,16H,6-7,11-12H2,1-5H3. The van der Waals surface area contributed by atoms with Gasteiger partial charge in [-0.05, 0) is 43.8 Å². The van der Waals surface area contributed by atoms with Gasteiger partial charge in [-0.15, -0.1) is 11.3 Å². The Hall–Kier alpha value is -0.380. The van der Waals surface area contributed by atoms with Crippen molar-refractivity contribution >= 4 is 11.3 Å². The molecule has 0 saturated carbocycles. The lowest BCUT2D eigenvalue weighted by Gasteiger charge is -2.36. The molecule has 2 unspecified atom stereocenters. The van der Waals surface area contributed by atoms with Crippen molar-refractivity contribution in [3.63, 3.8) is 0 Å². The highest BCUT2D eigenvalue weighted by atomic mass is 32.1. The summed E-state index contributed by atoms with van der Waals surface area (Å²) in [5, 5.41) is 5.66. The van der Waals surface area contributed by atoms with Crippen LogP contribution in [0.5, 0.6) is 0 Å². The first-order valence-electron chi connectivity index (χ1n) is 6.96. The van der Waals surface area contributed by atoms with Crippen LogP contribution in [0.1, 0.15) is 45.0 Å². The third-order valence-corrected chi connectivity index (χ3v) is 4.95. The second-order valence-electron chi connectivity index (χ2n) is 5.55. The Kier molecular flexibility index (Phi) is 6.33. The Bertz CT molecular complexity index is 323. The lowest BCUT2D eigenvalue weighted by molar-refractivity contribution is 0.149. The third kappa shape index (κ3) is 4.38. The van der Waals surface area contributed by atoms with Gasteiger partial charge in [0.15, 0.2) is 0 Å². The number of thiophene rings is 1. The van der Waals surface area contributed by atoms with Crippen molar-refractivity contribution in [2.45, 2.75) is 40.2 Å². The van der Waals surface area contributed by atoms with Crippen LogP contribution >= 0.6 is 11.3 Å². The highest BCUT2D eigenvalue weighted by Crippen LogP contribution is 2.28. The summed E-state index contributed by atoms with van der Waals surface area (Å²) in [4.78, 5) is 3.94. The van der Waals surface area contributed by atoms with Crippen LogP contribution in [0.15, 0.2) is 17.5 Å². The molecule has 1 aromatic heterocycles. The van der Waals surface area contributed by atoms with Crippen molar-refractivity contribution in [2.75, 3.05) is 26.7 Å². The summed E-state index contributed by atoms with van der Waals surface area (Å²) in [5.41, 5.74) is 0.357. The summed E-state index contributed by atoms with van der Waals surface area (Å²) in [6.45, 7) is 12.4. The molecule has 1 N–H and O–H groups in total. The van der Waals surface area contributed by atoms with Crippen LogP contribution in [0.25, 0.3) is 0 Å².